The third kappa shape index (κ3) is 5.26. The van der Waals surface area contributed by atoms with Crippen molar-refractivity contribution in [3.63, 3.8) is 0 Å². The summed E-state index contributed by atoms with van der Waals surface area (Å²) in [5, 5.41) is 0. The average Bonchev–Trinajstić information content (AvgIpc) is 2.36. The number of amides is 1. The van der Waals surface area contributed by atoms with Gasteiger partial charge in [0.15, 0.2) is 0 Å². The highest BCUT2D eigenvalue weighted by Gasteiger charge is 2.28. The molecular weight excluding hydrogens is 292 g/mol. The fraction of sp³-hybridized carbons (Fsp3) is 0.500. The Labute approximate surface area is 126 Å². The number of nitrogens with one attached hydrogen (secondary N) is 1. The van der Waals surface area contributed by atoms with Gasteiger partial charge >= 0.3 is 16.3 Å². The van der Waals surface area contributed by atoms with Crippen molar-refractivity contribution in [3.05, 3.63) is 29.8 Å². The number of anilines is 1. The predicted octanol–water partition coefficient (Wildman–Crippen LogP) is 2.77. The van der Waals surface area contributed by atoms with E-state index in [0.717, 1.165) is 19.0 Å². The zero-order valence-corrected chi connectivity index (χ0v) is 13.8. The lowest BCUT2D eigenvalue weighted by Crippen LogP contribution is -2.40. The Morgan fingerprint density at radius 1 is 1.24 bits per heavy atom. The Morgan fingerprint density at radius 3 is 2.19 bits per heavy atom. The third-order valence-electron chi connectivity index (χ3n) is 2.62. The van der Waals surface area contributed by atoms with Gasteiger partial charge in [-0.1, -0.05) is 19.1 Å². The number of ether oxygens (including phenoxy) is 1. The Kier molecular flexibility index (Phi) is 5.22. The van der Waals surface area contributed by atoms with E-state index in [9.17, 15) is 13.2 Å². The smallest absolute Gasteiger partial charge is 0.425 e. The van der Waals surface area contributed by atoms with E-state index in [2.05, 4.69) is 4.72 Å². The topological polar surface area (TPSA) is 75.7 Å². The minimum absolute atomic E-state index is 0.391. The molecule has 1 aromatic rings. The molecule has 0 aromatic heterocycles. The van der Waals surface area contributed by atoms with Crippen LogP contribution in [0.25, 0.3) is 0 Å². The molecule has 0 spiro atoms. The number of benzene rings is 1. The largest absolute Gasteiger partial charge is 0.443 e. The Hall–Kier alpha value is -1.76. The van der Waals surface area contributed by atoms with E-state index in [1.807, 2.05) is 19.1 Å². The number of rotatable bonds is 4. The van der Waals surface area contributed by atoms with Crippen LogP contribution in [0, 0.1) is 0 Å². The van der Waals surface area contributed by atoms with Crippen molar-refractivity contribution >= 4 is 22.0 Å². The van der Waals surface area contributed by atoms with Gasteiger partial charge in [0.1, 0.15) is 5.60 Å². The first-order valence-corrected chi connectivity index (χ1v) is 8.08. The summed E-state index contributed by atoms with van der Waals surface area (Å²) in [5.41, 5.74) is 0.727. The maximum atomic E-state index is 12.1. The van der Waals surface area contributed by atoms with Gasteiger partial charge in [-0.05, 0) is 44.9 Å². The molecule has 0 saturated carbocycles. The lowest BCUT2D eigenvalue weighted by atomic mass is 10.2. The van der Waals surface area contributed by atoms with Gasteiger partial charge < -0.3 is 4.74 Å². The van der Waals surface area contributed by atoms with Crippen molar-refractivity contribution < 1.29 is 17.9 Å². The molecule has 0 aliphatic heterocycles. The molecule has 21 heavy (non-hydrogen) atoms. The highest BCUT2D eigenvalue weighted by atomic mass is 32.2. The lowest BCUT2D eigenvalue weighted by Gasteiger charge is -2.24. The second kappa shape index (κ2) is 6.34. The minimum atomic E-state index is -4.00. The fourth-order valence-electron chi connectivity index (χ4n) is 1.45. The number of carbonyl (C=O) groups excluding carboxylic acids is 1. The van der Waals surface area contributed by atoms with Gasteiger partial charge in [0.05, 0.1) is 5.69 Å². The molecule has 1 N–H and O–H groups in total. The SMILES string of the molecule is CCc1ccc(NS(=O)(=O)N(C)C(=O)OC(C)(C)C)cc1. The number of hydrogen-bond acceptors (Lipinski definition) is 4. The highest BCUT2D eigenvalue weighted by molar-refractivity contribution is 7.90. The van der Waals surface area contributed by atoms with Gasteiger partial charge in [0.25, 0.3) is 0 Å². The Bertz CT molecular complexity index is 588. The van der Waals surface area contributed by atoms with E-state index in [1.165, 1.54) is 0 Å². The molecule has 0 heterocycles. The van der Waals surface area contributed by atoms with E-state index in [0.29, 0.717) is 9.99 Å². The van der Waals surface area contributed by atoms with E-state index in [4.69, 9.17) is 4.74 Å². The summed E-state index contributed by atoms with van der Waals surface area (Å²) in [6.07, 6.45) is -0.0645. The lowest BCUT2D eigenvalue weighted by molar-refractivity contribution is 0.0421. The predicted molar refractivity (Wildman–Crippen MR) is 82.4 cm³/mol. The summed E-state index contributed by atoms with van der Waals surface area (Å²) in [6, 6.07) is 6.95. The van der Waals surface area contributed by atoms with Crippen molar-refractivity contribution in [1.29, 1.82) is 0 Å². The van der Waals surface area contributed by atoms with Crippen LogP contribution >= 0.6 is 0 Å². The monoisotopic (exact) mass is 314 g/mol. The van der Waals surface area contributed by atoms with Crippen LogP contribution in [0.3, 0.4) is 0 Å². The number of aryl methyl sites for hydroxylation is 1. The molecule has 0 unspecified atom stereocenters. The summed E-state index contributed by atoms with van der Waals surface area (Å²) >= 11 is 0. The van der Waals surface area contributed by atoms with Crippen LogP contribution in [0.2, 0.25) is 0 Å². The van der Waals surface area contributed by atoms with Crippen LogP contribution in [0.15, 0.2) is 24.3 Å². The summed E-state index contributed by atoms with van der Waals surface area (Å²) in [7, 11) is -2.85. The highest BCUT2D eigenvalue weighted by Crippen LogP contribution is 2.15. The normalized spacial score (nSPS) is 11.9. The summed E-state index contributed by atoms with van der Waals surface area (Å²) in [4.78, 5) is 11.8. The van der Waals surface area contributed by atoms with E-state index < -0.39 is 21.9 Å². The third-order valence-corrected chi connectivity index (χ3v) is 3.98. The molecule has 118 valence electrons. The molecule has 1 amide bonds. The zero-order chi connectivity index (χ0) is 16.3. The van der Waals surface area contributed by atoms with Crippen molar-refractivity contribution in [2.24, 2.45) is 0 Å². The molecule has 1 rings (SSSR count). The number of hydrogen-bond donors (Lipinski definition) is 1. The van der Waals surface area contributed by atoms with Crippen LogP contribution in [0.1, 0.15) is 33.3 Å². The average molecular weight is 314 g/mol. The van der Waals surface area contributed by atoms with Crippen molar-refractivity contribution in [2.45, 2.75) is 39.7 Å². The molecule has 7 heteroatoms. The summed E-state index contributed by atoms with van der Waals surface area (Å²) in [6.45, 7) is 7.02. The van der Waals surface area contributed by atoms with Crippen LogP contribution < -0.4 is 4.72 Å². The Morgan fingerprint density at radius 2 is 1.76 bits per heavy atom. The molecule has 0 aliphatic carbocycles. The minimum Gasteiger partial charge on any atom is -0.443 e. The zero-order valence-electron chi connectivity index (χ0n) is 13.0. The van der Waals surface area contributed by atoms with E-state index in [-0.39, 0.29) is 0 Å². The molecule has 6 nitrogen and oxygen atoms in total. The Balaban J connectivity index is 2.82. The summed E-state index contributed by atoms with van der Waals surface area (Å²) in [5.74, 6) is 0. The van der Waals surface area contributed by atoms with Gasteiger partial charge in [-0.15, -0.1) is 0 Å². The molecule has 0 radical (unpaired) electrons. The van der Waals surface area contributed by atoms with Gasteiger partial charge in [-0.2, -0.15) is 12.7 Å². The van der Waals surface area contributed by atoms with E-state index in [1.54, 1.807) is 32.9 Å². The molecule has 0 aliphatic rings. The summed E-state index contributed by atoms with van der Waals surface area (Å²) < 4.78 is 32.1. The number of nitrogens with zero attached hydrogens (tertiary/aromatic N) is 1. The first-order chi connectivity index (χ1) is 9.55. The molecular formula is C14H22N2O4S. The molecule has 1 aromatic carbocycles. The van der Waals surface area contributed by atoms with Crippen molar-refractivity contribution in [2.75, 3.05) is 11.8 Å². The quantitative estimate of drug-likeness (QED) is 0.927. The van der Waals surface area contributed by atoms with Crippen LogP contribution in [-0.4, -0.2) is 31.5 Å². The first-order valence-electron chi connectivity index (χ1n) is 6.64. The molecule has 0 saturated heterocycles. The standard InChI is InChI=1S/C14H22N2O4S/c1-6-11-7-9-12(10-8-11)15-21(18,19)16(5)13(17)20-14(2,3)4/h7-10,15H,6H2,1-5H3. The van der Waals surface area contributed by atoms with Gasteiger partial charge in [-0.3, -0.25) is 4.72 Å². The molecule has 0 bridgehead atoms. The van der Waals surface area contributed by atoms with Crippen molar-refractivity contribution in [1.82, 2.24) is 4.31 Å². The maximum Gasteiger partial charge on any atom is 0.425 e. The van der Waals surface area contributed by atoms with Gasteiger partial charge in [-0.25, -0.2) is 4.79 Å². The van der Waals surface area contributed by atoms with Crippen LogP contribution in [-0.2, 0) is 21.4 Å². The molecule has 0 fully saturated rings. The maximum absolute atomic E-state index is 12.1. The second-order valence-electron chi connectivity index (χ2n) is 5.61. The number of carbonyl (C=O) groups is 1. The van der Waals surface area contributed by atoms with Crippen LogP contribution in [0.5, 0.6) is 0 Å². The van der Waals surface area contributed by atoms with E-state index >= 15 is 0 Å². The fourth-order valence-corrected chi connectivity index (χ4v) is 2.25. The molecule has 0 atom stereocenters. The van der Waals surface area contributed by atoms with Gasteiger partial charge in [0.2, 0.25) is 0 Å². The second-order valence-corrected chi connectivity index (χ2v) is 7.31. The van der Waals surface area contributed by atoms with Crippen molar-refractivity contribution in [3.8, 4) is 0 Å². The van der Waals surface area contributed by atoms with Crippen LogP contribution in [0.4, 0.5) is 10.5 Å². The first kappa shape index (κ1) is 17.3. The van der Waals surface area contributed by atoms with Gasteiger partial charge in [0, 0.05) is 7.05 Å².